The highest BCUT2D eigenvalue weighted by molar-refractivity contribution is 5.97. The largest absolute Gasteiger partial charge is 0.329 e. The van der Waals surface area contributed by atoms with Gasteiger partial charge in [-0.1, -0.05) is 31.5 Å². The molecule has 2 N–H and O–H groups in total. The molecule has 1 aromatic carbocycles. The fraction of sp³-hybridized carbons (Fsp3) is 0.562. The molecule has 0 bridgehead atoms. The molecule has 0 aliphatic carbocycles. The van der Waals surface area contributed by atoms with E-state index >= 15 is 0 Å². The minimum atomic E-state index is -0.438. The molecule has 0 aliphatic heterocycles. The summed E-state index contributed by atoms with van der Waals surface area (Å²) in [4.78, 5) is 14.5. The maximum absolute atomic E-state index is 12.7. The fourth-order valence-corrected chi connectivity index (χ4v) is 2.58. The van der Waals surface area contributed by atoms with Crippen LogP contribution in [0.1, 0.15) is 37.8 Å². The highest BCUT2D eigenvalue weighted by atomic mass is 16.2. The third-order valence-corrected chi connectivity index (χ3v) is 4.22. The number of nitrogens with two attached hydrogens (primary N) is 1. The van der Waals surface area contributed by atoms with E-state index in [0.717, 1.165) is 24.1 Å². The van der Waals surface area contributed by atoms with Crippen molar-refractivity contribution < 1.29 is 4.79 Å². The molecule has 0 unspecified atom stereocenters. The predicted octanol–water partition coefficient (Wildman–Crippen LogP) is 3.03. The minimum absolute atomic E-state index is 0.118. The van der Waals surface area contributed by atoms with E-state index in [9.17, 15) is 4.79 Å². The van der Waals surface area contributed by atoms with Crippen molar-refractivity contribution in [2.45, 2.75) is 40.5 Å². The van der Waals surface area contributed by atoms with Gasteiger partial charge < -0.3 is 10.6 Å². The number of amides is 1. The van der Waals surface area contributed by atoms with Crippen molar-refractivity contribution in [2.75, 3.05) is 18.5 Å². The van der Waals surface area contributed by atoms with E-state index < -0.39 is 5.41 Å². The van der Waals surface area contributed by atoms with Crippen molar-refractivity contribution in [2.24, 2.45) is 11.1 Å². The van der Waals surface area contributed by atoms with Crippen molar-refractivity contribution in [3.63, 3.8) is 0 Å². The van der Waals surface area contributed by atoms with E-state index in [1.807, 2.05) is 40.0 Å². The molecule has 1 amide bonds. The molecule has 0 aliphatic rings. The van der Waals surface area contributed by atoms with Gasteiger partial charge in [-0.05, 0) is 38.3 Å². The van der Waals surface area contributed by atoms with Gasteiger partial charge in [-0.25, -0.2) is 0 Å². The summed E-state index contributed by atoms with van der Waals surface area (Å²) in [6, 6.07) is 6.14. The summed E-state index contributed by atoms with van der Waals surface area (Å²) in [5.41, 5.74) is 8.72. The van der Waals surface area contributed by atoms with Gasteiger partial charge in [-0.2, -0.15) is 0 Å². The average Bonchev–Trinajstić information content (AvgIpc) is 2.40. The van der Waals surface area contributed by atoms with Crippen molar-refractivity contribution in [3.05, 3.63) is 29.3 Å². The van der Waals surface area contributed by atoms with E-state index in [1.165, 1.54) is 5.56 Å². The van der Waals surface area contributed by atoms with Crippen LogP contribution < -0.4 is 10.6 Å². The summed E-state index contributed by atoms with van der Waals surface area (Å²) in [5.74, 6) is 0.118. The number of aryl methyl sites for hydroxylation is 2. The molecule has 1 aromatic rings. The number of benzene rings is 1. The highest BCUT2D eigenvalue weighted by Crippen LogP contribution is 2.30. The number of nitrogens with zero attached hydrogens (tertiary/aromatic N) is 1. The van der Waals surface area contributed by atoms with Gasteiger partial charge in [0.15, 0.2) is 0 Å². The summed E-state index contributed by atoms with van der Waals surface area (Å²) < 4.78 is 0. The van der Waals surface area contributed by atoms with Crippen LogP contribution in [-0.4, -0.2) is 19.5 Å². The molecule has 106 valence electrons. The second-order valence-corrected chi connectivity index (χ2v) is 5.35. The van der Waals surface area contributed by atoms with Crippen LogP contribution in [0.5, 0.6) is 0 Å². The van der Waals surface area contributed by atoms with Gasteiger partial charge in [-0.15, -0.1) is 0 Å². The molecule has 3 heteroatoms. The molecule has 0 saturated carbocycles. The molecule has 1 rings (SSSR count). The quantitative estimate of drug-likeness (QED) is 0.886. The van der Waals surface area contributed by atoms with Gasteiger partial charge >= 0.3 is 0 Å². The zero-order valence-electron chi connectivity index (χ0n) is 12.8. The van der Waals surface area contributed by atoms with Gasteiger partial charge in [0, 0.05) is 19.3 Å². The molecule has 0 aromatic heterocycles. The first-order valence-corrected chi connectivity index (χ1v) is 6.97. The topological polar surface area (TPSA) is 46.3 Å². The van der Waals surface area contributed by atoms with Crippen LogP contribution >= 0.6 is 0 Å². The first-order valence-electron chi connectivity index (χ1n) is 6.97. The van der Waals surface area contributed by atoms with Crippen LogP contribution in [0, 0.1) is 19.3 Å². The number of hydrogen-bond donors (Lipinski definition) is 1. The van der Waals surface area contributed by atoms with Gasteiger partial charge in [0.05, 0.1) is 5.41 Å². The Hall–Kier alpha value is -1.35. The molecule has 0 saturated heterocycles. The van der Waals surface area contributed by atoms with Gasteiger partial charge in [0.2, 0.25) is 5.91 Å². The van der Waals surface area contributed by atoms with Crippen molar-refractivity contribution in [1.29, 1.82) is 0 Å². The van der Waals surface area contributed by atoms with Crippen LogP contribution in [0.25, 0.3) is 0 Å². The number of anilines is 1. The highest BCUT2D eigenvalue weighted by Gasteiger charge is 2.36. The minimum Gasteiger partial charge on any atom is -0.329 e. The average molecular weight is 262 g/mol. The van der Waals surface area contributed by atoms with Crippen LogP contribution in [0.15, 0.2) is 18.2 Å². The first kappa shape index (κ1) is 15.7. The molecule has 19 heavy (non-hydrogen) atoms. The maximum Gasteiger partial charge on any atom is 0.234 e. The van der Waals surface area contributed by atoms with Crippen LogP contribution in [-0.2, 0) is 4.79 Å². The Bertz CT molecular complexity index is 442. The zero-order chi connectivity index (χ0) is 14.6. The number of carbonyl (C=O) groups excluding carboxylic acids is 1. The molecule has 0 heterocycles. The lowest BCUT2D eigenvalue weighted by atomic mass is 9.81. The molecule has 0 atom stereocenters. The molecular weight excluding hydrogens is 236 g/mol. The van der Waals surface area contributed by atoms with Crippen LogP contribution in [0.2, 0.25) is 0 Å². The van der Waals surface area contributed by atoms with Gasteiger partial charge in [0.1, 0.15) is 0 Å². The maximum atomic E-state index is 12.7. The lowest BCUT2D eigenvalue weighted by molar-refractivity contribution is -0.127. The SMILES string of the molecule is CCC(CC)(CN)C(=O)N(C)c1ccc(C)cc1C. The van der Waals surface area contributed by atoms with Crippen LogP contribution in [0.3, 0.4) is 0 Å². The Balaban J connectivity index is 3.11. The lowest BCUT2D eigenvalue weighted by Crippen LogP contribution is -2.46. The predicted molar refractivity (Wildman–Crippen MR) is 81.4 cm³/mol. The van der Waals surface area contributed by atoms with Crippen molar-refractivity contribution in [1.82, 2.24) is 0 Å². The van der Waals surface area contributed by atoms with Crippen molar-refractivity contribution >= 4 is 11.6 Å². The summed E-state index contributed by atoms with van der Waals surface area (Å²) in [5, 5.41) is 0. The van der Waals surface area contributed by atoms with Gasteiger partial charge in [0.25, 0.3) is 0 Å². The van der Waals surface area contributed by atoms with Crippen molar-refractivity contribution in [3.8, 4) is 0 Å². The Morgan fingerprint density at radius 1 is 1.26 bits per heavy atom. The summed E-state index contributed by atoms with van der Waals surface area (Å²) >= 11 is 0. The summed E-state index contributed by atoms with van der Waals surface area (Å²) in [6.45, 7) is 8.55. The van der Waals surface area contributed by atoms with E-state index in [-0.39, 0.29) is 5.91 Å². The van der Waals surface area contributed by atoms with E-state index in [4.69, 9.17) is 5.73 Å². The van der Waals surface area contributed by atoms with E-state index in [1.54, 1.807) is 4.90 Å². The normalized spacial score (nSPS) is 11.5. The second-order valence-electron chi connectivity index (χ2n) is 5.35. The number of rotatable bonds is 5. The smallest absolute Gasteiger partial charge is 0.234 e. The molecule has 0 fully saturated rings. The number of hydrogen-bond acceptors (Lipinski definition) is 2. The van der Waals surface area contributed by atoms with Crippen LogP contribution in [0.4, 0.5) is 5.69 Å². The first-order chi connectivity index (χ1) is 8.91. The Labute approximate surface area is 116 Å². The Morgan fingerprint density at radius 3 is 2.26 bits per heavy atom. The summed E-state index contributed by atoms with van der Waals surface area (Å²) in [6.07, 6.45) is 1.54. The third kappa shape index (κ3) is 2.98. The molecule has 3 nitrogen and oxygen atoms in total. The molecule has 0 spiro atoms. The Morgan fingerprint density at radius 2 is 1.84 bits per heavy atom. The summed E-state index contributed by atoms with van der Waals surface area (Å²) in [7, 11) is 1.84. The Kier molecular flexibility index (Phi) is 5.12. The van der Waals surface area contributed by atoms with E-state index in [2.05, 4.69) is 13.0 Å². The zero-order valence-corrected chi connectivity index (χ0v) is 12.8. The monoisotopic (exact) mass is 262 g/mol. The lowest BCUT2D eigenvalue weighted by Gasteiger charge is -2.34. The standard InChI is InChI=1S/C16H26N2O/c1-6-16(7-2,11-17)15(19)18(5)14-9-8-12(3)10-13(14)4/h8-10H,6-7,11,17H2,1-5H3. The fourth-order valence-electron chi connectivity index (χ4n) is 2.58. The third-order valence-electron chi connectivity index (χ3n) is 4.22. The van der Waals surface area contributed by atoms with E-state index in [0.29, 0.717) is 6.54 Å². The number of carbonyl (C=O) groups is 1. The van der Waals surface area contributed by atoms with Gasteiger partial charge in [-0.3, -0.25) is 4.79 Å². The molecule has 0 radical (unpaired) electrons. The second kappa shape index (κ2) is 6.20. The molecular formula is C16H26N2O.